The number of carbonyl (C=O) groups excluding carboxylic acids is 3. The summed E-state index contributed by atoms with van der Waals surface area (Å²) < 4.78 is 11.6. The highest BCUT2D eigenvalue weighted by molar-refractivity contribution is 6.42. The average Bonchev–Trinajstić information content (AvgIpc) is 2.93. The van der Waals surface area contributed by atoms with Gasteiger partial charge in [-0.05, 0) is 71.8 Å². The molecule has 0 unspecified atom stereocenters. The molecule has 0 bridgehead atoms. The summed E-state index contributed by atoms with van der Waals surface area (Å²) in [6.07, 6.45) is 1.46. The van der Waals surface area contributed by atoms with Crippen LogP contribution in [0, 0.1) is 0 Å². The van der Waals surface area contributed by atoms with Gasteiger partial charge in [0.1, 0.15) is 23.7 Å². The number of fused-ring (bicyclic) bond motifs is 1. The summed E-state index contributed by atoms with van der Waals surface area (Å²) in [7, 11) is 0. The fraction of sp³-hybridized carbons (Fsp3) is 0.100. The molecule has 4 aromatic carbocycles. The number of carbonyl (C=O) groups is 3. The largest absolute Gasteiger partial charge is 0.494 e. The molecular formula is C30H22Cl2N2O5. The maximum absolute atomic E-state index is 13.5. The van der Waals surface area contributed by atoms with Crippen molar-refractivity contribution in [3.05, 3.63) is 106 Å². The van der Waals surface area contributed by atoms with Crippen molar-refractivity contribution in [2.75, 3.05) is 11.5 Å². The monoisotopic (exact) mass is 560 g/mol. The molecule has 1 heterocycles. The number of benzene rings is 4. The Morgan fingerprint density at radius 1 is 0.872 bits per heavy atom. The number of amides is 4. The van der Waals surface area contributed by atoms with Gasteiger partial charge in [0.25, 0.3) is 11.8 Å². The molecule has 0 radical (unpaired) electrons. The first-order chi connectivity index (χ1) is 18.9. The van der Waals surface area contributed by atoms with E-state index in [-0.39, 0.29) is 12.2 Å². The number of hydrogen-bond acceptors (Lipinski definition) is 5. The van der Waals surface area contributed by atoms with E-state index in [0.717, 1.165) is 21.2 Å². The molecule has 1 saturated heterocycles. The van der Waals surface area contributed by atoms with E-state index in [2.05, 4.69) is 5.32 Å². The summed E-state index contributed by atoms with van der Waals surface area (Å²) in [5, 5.41) is 4.75. The van der Waals surface area contributed by atoms with Gasteiger partial charge in [-0.25, -0.2) is 9.69 Å². The van der Waals surface area contributed by atoms with Crippen molar-refractivity contribution in [1.82, 2.24) is 5.32 Å². The van der Waals surface area contributed by atoms with E-state index in [1.807, 2.05) is 37.3 Å². The van der Waals surface area contributed by atoms with Gasteiger partial charge in [-0.2, -0.15) is 0 Å². The number of nitrogens with zero attached hydrogens (tertiary/aromatic N) is 1. The van der Waals surface area contributed by atoms with Crippen LogP contribution in [0.25, 0.3) is 16.8 Å². The molecule has 0 aromatic heterocycles. The van der Waals surface area contributed by atoms with E-state index >= 15 is 0 Å². The molecule has 4 aromatic rings. The van der Waals surface area contributed by atoms with E-state index in [1.54, 1.807) is 48.5 Å². The summed E-state index contributed by atoms with van der Waals surface area (Å²) in [5.41, 5.74) is 1.40. The first kappa shape index (κ1) is 26.3. The van der Waals surface area contributed by atoms with Crippen LogP contribution in [0.3, 0.4) is 0 Å². The number of anilines is 1. The van der Waals surface area contributed by atoms with Crippen molar-refractivity contribution in [3.63, 3.8) is 0 Å². The predicted molar refractivity (Wildman–Crippen MR) is 151 cm³/mol. The van der Waals surface area contributed by atoms with Gasteiger partial charge in [0.15, 0.2) is 0 Å². The van der Waals surface area contributed by atoms with Crippen molar-refractivity contribution in [3.8, 4) is 11.5 Å². The minimum atomic E-state index is -0.833. The molecule has 1 fully saturated rings. The molecule has 1 aliphatic rings. The van der Waals surface area contributed by atoms with Crippen LogP contribution in [0.2, 0.25) is 10.0 Å². The van der Waals surface area contributed by atoms with Crippen LogP contribution < -0.4 is 19.7 Å². The minimum absolute atomic E-state index is 0.169. The number of imide groups is 2. The van der Waals surface area contributed by atoms with E-state index < -0.39 is 17.8 Å². The number of halogens is 2. The highest BCUT2D eigenvalue weighted by atomic mass is 35.5. The van der Waals surface area contributed by atoms with Gasteiger partial charge < -0.3 is 9.47 Å². The van der Waals surface area contributed by atoms with Crippen LogP contribution in [-0.4, -0.2) is 24.5 Å². The Kier molecular flexibility index (Phi) is 7.54. The highest BCUT2D eigenvalue weighted by Gasteiger charge is 2.37. The highest BCUT2D eigenvalue weighted by Crippen LogP contribution is 2.33. The first-order valence-corrected chi connectivity index (χ1v) is 12.8. The van der Waals surface area contributed by atoms with Gasteiger partial charge in [-0.15, -0.1) is 0 Å². The zero-order chi connectivity index (χ0) is 27.5. The SMILES string of the molecule is CCOc1ccc(N2C(=O)NC(=O)/C(=C\c3c(OCc4ccc(Cl)c(Cl)c4)ccc4ccccc34)C2=O)cc1. The molecule has 39 heavy (non-hydrogen) atoms. The summed E-state index contributed by atoms with van der Waals surface area (Å²) in [6.45, 7) is 2.50. The lowest BCUT2D eigenvalue weighted by molar-refractivity contribution is -0.122. The Bertz CT molecular complexity index is 1630. The zero-order valence-corrected chi connectivity index (χ0v) is 22.3. The van der Waals surface area contributed by atoms with E-state index in [4.69, 9.17) is 32.7 Å². The van der Waals surface area contributed by atoms with Gasteiger partial charge in [0.2, 0.25) is 0 Å². The molecule has 1 N–H and O–H groups in total. The fourth-order valence-electron chi connectivity index (χ4n) is 4.24. The molecule has 0 saturated carbocycles. The molecule has 4 amide bonds. The van der Waals surface area contributed by atoms with Crippen LogP contribution in [0.15, 0.2) is 84.4 Å². The van der Waals surface area contributed by atoms with Gasteiger partial charge in [0, 0.05) is 5.56 Å². The Morgan fingerprint density at radius 3 is 2.38 bits per heavy atom. The van der Waals surface area contributed by atoms with Crippen molar-refractivity contribution < 1.29 is 23.9 Å². The second-order valence-corrected chi connectivity index (χ2v) is 9.43. The van der Waals surface area contributed by atoms with Crippen LogP contribution in [0.4, 0.5) is 10.5 Å². The summed E-state index contributed by atoms with van der Waals surface area (Å²) in [4.78, 5) is 40.0. The third-order valence-corrected chi connectivity index (χ3v) is 6.84. The fourth-order valence-corrected chi connectivity index (χ4v) is 4.56. The smallest absolute Gasteiger partial charge is 0.335 e. The van der Waals surface area contributed by atoms with Crippen LogP contribution in [0.1, 0.15) is 18.1 Å². The number of urea groups is 1. The topological polar surface area (TPSA) is 84.9 Å². The van der Waals surface area contributed by atoms with Crippen molar-refractivity contribution >= 4 is 63.6 Å². The summed E-state index contributed by atoms with van der Waals surface area (Å²) >= 11 is 12.2. The van der Waals surface area contributed by atoms with Crippen LogP contribution in [0.5, 0.6) is 11.5 Å². The molecule has 0 aliphatic carbocycles. The van der Waals surface area contributed by atoms with E-state index in [1.165, 1.54) is 6.08 Å². The van der Waals surface area contributed by atoms with Crippen molar-refractivity contribution in [2.24, 2.45) is 0 Å². The number of ether oxygens (including phenoxy) is 2. The second-order valence-electron chi connectivity index (χ2n) is 8.62. The lowest BCUT2D eigenvalue weighted by Crippen LogP contribution is -2.54. The standard InChI is InChI=1S/C30H22Cl2N2O5/c1-2-38-21-11-9-20(10-12-21)34-29(36)24(28(35)33-30(34)37)16-23-22-6-4-3-5-19(22)8-14-27(23)39-17-18-7-13-25(31)26(32)15-18/h3-16H,2,17H2,1H3,(H,33,35,37)/b24-16+. The Balaban J connectivity index is 1.54. The number of nitrogens with one attached hydrogen (secondary N) is 1. The normalized spacial score (nSPS) is 14.6. The lowest BCUT2D eigenvalue weighted by atomic mass is 9.99. The maximum Gasteiger partial charge on any atom is 0.335 e. The summed E-state index contributed by atoms with van der Waals surface area (Å²) in [5.74, 6) is -0.512. The van der Waals surface area contributed by atoms with Crippen molar-refractivity contribution in [2.45, 2.75) is 13.5 Å². The van der Waals surface area contributed by atoms with Gasteiger partial charge in [-0.3, -0.25) is 14.9 Å². The Labute approximate surface area is 234 Å². The maximum atomic E-state index is 13.5. The summed E-state index contributed by atoms with van der Waals surface area (Å²) in [6, 6.07) is 22.0. The molecule has 1 aliphatic heterocycles. The van der Waals surface area contributed by atoms with Crippen molar-refractivity contribution in [1.29, 1.82) is 0 Å². The van der Waals surface area contributed by atoms with Crippen LogP contribution >= 0.6 is 23.2 Å². The van der Waals surface area contributed by atoms with Gasteiger partial charge >= 0.3 is 6.03 Å². The molecule has 196 valence electrons. The predicted octanol–water partition coefficient (Wildman–Crippen LogP) is 6.79. The van der Waals surface area contributed by atoms with E-state index in [0.29, 0.717) is 39.4 Å². The molecule has 5 rings (SSSR count). The molecule has 9 heteroatoms. The molecule has 0 spiro atoms. The number of rotatable bonds is 7. The quantitative estimate of drug-likeness (QED) is 0.198. The first-order valence-electron chi connectivity index (χ1n) is 12.1. The molecular weight excluding hydrogens is 539 g/mol. The number of hydrogen-bond donors (Lipinski definition) is 1. The Hall–Kier alpha value is -4.33. The average molecular weight is 561 g/mol. The molecule has 7 nitrogen and oxygen atoms in total. The lowest BCUT2D eigenvalue weighted by Gasteiger charge is -2.26. The van der Waals surface area contributed by atoms with Crippen LogP contribution in [-0.2, 0) is 16.2 Å². The van der Waals surface area contributed by atoms with E-state index in [9.17, 15) is 14.4 Å². The van der Waals surface area contributed by atoms with Gasteiger partial charge in [-0.1, -0.05) is 59.6 Å². The third kappa shape index (κ3) is 5.46. The minimum Gasteiger partial charge on any atom is -0.494 e. The third-order valence-electron chi connectivity index (χ3n) is 6.11. The Morgan fingerprint density at radius 2 is 1.64 bits per heavy atom. The second kappa shape index (κ2) is 11.2. The number of barbiturate groups is 1. The molecule has 0 atom stereocenters. The zero-order valence-electron chi connectivity index (χ0n) is 20.7. The van der Waals surface area contributed by atoms with Gasteiger partial charge in [0.05, 0.1) is 22.3 Å².